The second-order valence-corrected chi connectivity index (χ2v) is 4.97. The fraction of sp³-hybridized carbons (Fsp3) is 0.125. The lowest BCUT2D eigenvalue weighted by Gasteiger charge is -2.11. The third kappa shape index (κ3) is 3.20. The van der Waals surface area contributed by atoms with E-state index in [-0.39, 0.29) is 10.9 Å². The molecule has 1 N–H and O–H groups in total. The quantitative estimate of drug-likeness (QED) is 0.718. The maximum Gasteiger partial charge on any atom is 0.284 e. The molecule has 0 aliphatic heterocycles. The minimum Gasteiger partial charge on any atom is -0.481 e. The van der Waals surface area contributed by atoms with E-state index in [2.05, 4.69) is 22.3 Å². The van der Waals surface area contributed by atoms with Gasteiger partial charge in [-0.05, 0) is 42.4 Å². The van der Waals surface area contributed by atoms with Crippen LogP contribution in [0.5, 0.6) is 5.75 Å². The van der Waals surface area contributed by atoms with Crippen LogP contribution in [-0.2, 0) is 0 Å². The number of nitrogens with zero attached hydrogens (tertiary/aromatic N) is 1. The predicted molar refractivity (Wildman–Crippen MR) is 82.6 cm³/mol. The van der Waals surface area contributed by atoms with E-state index in [4.69, 9.17) is 21.4 Å². The second-order valence-electron chi connectivity index (χ2n) is 4.60. The van der Waals surface area contributed by atoms with Gasteiger partial charge in [0.05, 0.1) is 0 Å². The number of benzene rings is 2. The van der Waals surface area contributed by atoms with Crippen molar-refractivity contribution in [2.45, 2.75) is 13.0 Å². The lowest BCUT2D eigenvalue weighted by molar-refractivity contribution is 0.187. The summed E-state index contributed by atoms with van der Waals surface area (Å²) < 4.78 is 11.0. The highest BCUT2D eigenvalue weighted by atomic mass is 32.1. The zero-order chi connectivity index (χ0) is 14.7. The average Bonchev–Trinajstić information content (AvgIpc) is 2.96. The normalized spacial score (nSPS) is 12.0. The van der Waals surface area contributed by atoms with E-state index in [1.165, 1.54) is 5.56 Å². The Bertz CT molecular complexity index is 763. The third-order valence-electron chi connectivity index (χ3n) is 3.08. The predicted octanol–water partition coefficient (Wildman–Crippen LogP) is 4.54. The first-order chi connectivity index (χ1) is 10.2. The number of hydrogen-bond donors (Lipinski definition) is 1. The van der Waals surface area contributed by atoms with Crippen molar-refractivity contribution in [2.24, 2.45) is 0 Å². The monoisotopic (exact) mass is 298 g/mol. The van der Waals surface area contributed by atoms with E-state index < -0.39 is 0 Å². The van der Waals surface area contributed by atoms with Gasteiger partial charge in [0.15, 0.2) is 6.10 Å². The van der Waals surface area contributed by atoms with Crippen LogP contribution in [0.15, 0.2) is 59.0 Å². The Kier molecular flexibility index (Phi) is 3.83. The van der Waals surface area contributed by atoms with Crippen molar-refractivity contribution < 1.29 is 9.15 Å². The summed E-state index contributed by atoms with van der Waals surface area (Å²) >= 11 is 4.85. The van der Waals surface area contributed by atoms with E-state index in [9.17, 15) is 0 Å². The summed E-state index contributed by atoms with van der Waals surface area (Å²) in [7, 11) is 0. The van der Waals surface area contributed by atoms with Crippen molar-refractivity contribution in [3.63, 3.8) is 0 Å². The molecule has 4 nitrogen and oxygen atoms in total. The molecule has 0 aliphatic rings. The summed E-state index contributed by atoms with van der Waals surface area (Å²) in [6.07, 6.45) is -0.305. The van der Waals surface area contributed by atoms with Gasteiger partial charge in [-0.2, -0.15) is 0 Å². The zero-order valence-corrected chi connectivity index (χ0v) is 12.3. The van der Waals surface area contributed by atoms with Gasteiger partial charge in [0.1, 0.15) is 5.75 Å². The largest absolute Gasteiger partial charge is 0.481 e. The summed E-state index contributed by atoms with van der Waals surface area (Å²) in [5.74, 6) is 1.19. The van der Waals surface area contributed by atoms with E-state index >= 15 is 0 Å². The van der Waals surface area contributed by atoms with Crippen molar-refractivity contribution in [2.75, 3.05) is 0 Å². The van der Waals surface area contributed by atoms with Crippen LogP contribution in [0.2, 0.25) is 0 Å². The number of aromatic nitrogens is 2. The number of rotatable bonds is 4. The van der Waals surface area contributed by atoms with Crippen LogP contribution < -0.4 is 4.74 Å². The van der Waals surface area contributed by atoms with Crippen LogP contribution in [0.25, 0.3) is 11.1 Å². The third-order valence-corrected chi connectivity index (χ3v) is 3.25. The molecule has 1 unspecified atom stereocenters. The maximum absolute atomic E-state index is 5.78. The number of hydrogen-bond acceptors (Lipinski definition) is 4. The first kappa shape index (κ1) is 13.6. The highest BCUT2D eigenvalue weighted by Gasteiger charge is 2.13. The van der Waals surface area contributed by atoms with E-state index in [1.54, 1.807) is 0 Å². The second kappa shape index (κ2) is 5.93. The molecule has 2 aromatic carbocycles. The molecule has 0 spiro atoms. The van der Waals surface area contributed by atoms with Gasteiger partial charge in [-0.3, -0.25) is 0 Å². The highest BCUT2D eigenvalue weighted by Crippen LogP contribution is 2.25. The molecule has 106 valence electrons. The molecule has 0 bridgehead atoms. The number of H-pyrrole nitrogens is 1. The molecule has 3 rings (SSSR count). The van der Waals surface area contributed by atoms with Gasteiger partial charge < -0.3 is 9.15 Å². The van der Waals surface area contributed by atoms with Crippen molar-refractivity contribution in [1.29, 1.82) is 0 Å². The summed E-state index contributed by atoms with van der Waals surface area (Å²) in [6, 6.07) is 18.1. The molecule has 0 amide bonds. The van der Waals surface area contributed by atoms with Gasteiger partial charge >= 0.3 is 0 Å². The molecule has 0 aliphatic carbocycles. The van der Waals surface area contributed by atoms with Crippen LogP contribution in [-0.4, -0.2) is 10.2 Å². The first-order valence-electron chi connectivity index (χ1n) is 6.60. The molecule has 1 aromatic heterocycles. The summed E-state index contributed by atoms with van der Waals surface area (Å²) in [6.45, 7) is 1.86. The fourth-order valence-corrected chi connectivity index (χ4v) is 2.16. The van der Waals surface area contributed by atoms with Crippen molar-refractivity contribution in [3.8, 4) is 16.9 Å². The van der Waals surface area contributed by atoms with E-state index in [0.29, 0.717) is 5.89 Å². The molecule has 0 radical (unpaired) electrons. The topological polar surface area (TPSA) is 51.0 Å². The van der Waals surface area contributed by atoms with E-state index in [0.717, 1.165) is 11.3 Å². The van der Waals surface area contributed by atoms with Gasteiger partial charge in [-0.1, -0.05) is 42.5 Å². The Morgan fingerprint density at radius 1 is 1.05 bits per heavy atom. The molecule has 0 saturated carbocycles. The molecule has 0 fully saturated rings. The van der Waals surface area contributed by atoms with Crippen LogP contribution in [0.3, 0.4) is 0 Å². The minimum absolute atomic E-state index is 0.250. The van der Waals surface area contributed by atoms with Crippen molar-refractivity contribution in [1.82, 2.24) is 10.2 Å². The van der Waals surface area contributed by atoms with Crippen LogP contribution in [0.1, 0.15) is 18.9 Å². The molecule has 3 aromatic rings. The minimum atomic E-state index is -0.305. The van der Waals surface area contributed by atoms with Gasteiger partial charge in [0.2, 0.25) is 0 Å². The Morgan fingerprint density at radius 2 is 1.71 bits per heavy atom. The standard InChI is InChI=1S/C16H14N2O2S/c1-11(15-17-18-16(21)20-15)19-14-9-7-13(8-10-14)12-5-3-2-4-6-12/h2-11H,1H3,(H,18,21). The summed E-state index contributed by atoms with van der Waals surface area (Å²) in [4.78, 5) is 0.250. The molecular formula is C16H14N2O2S. The molecular weight excluding hydrogens is 284 g/mol. The number of ether oxygens (including phenoxy) is 1. The van der Waals surface area contributed by atoms with Gasteiger partial charge in [-0.25, -0.2) is 5.10 Å². The smallest absolute Gasteiger partial charge is 0.284 e. The summed E-state index contributed by atoms with van der Waals surface area (Å²) in [5.41, 5.74) is 2.32. The Labute approximate surface area is 127 Å². The average molecular weight is 298 g/mol. The molecule has 1 atom stereocenters. The number of aromatic amines is 1. The fourth-order valence-electron chi connectivity index (χ4n) is 2.03. The number of nitrogens with one attached hydrogen (secondary N) is 1. The van der Waals surface area contributed by atoms with Crippen molar-refractivity contribution >= 4 is 12.2 Å². The van der Waals surface area contributed by atoms with Crippen LogP contribution >= 0.6 is 12.2 Å². The van der Waals surface area contributed by atoms with E-state index in [1.807, 2.05) is 49.4 Å². The first-order valence-corrected chi connectivity index (χ1v) is 7.01. The highest BCUT2D eigenvalue weighted by molar-refractivity contribution is 7.71. The van der Waals surface area contributed by atoms with Gasteiger partial charge in [0, 0.05) is 0 Å². The van der Waals surface area contributed by atoms with Crippen molar-refractivity contribution in [3.05, 3.63) is 65.3 Å². The summed E-state index contributed by atoms with van der Waals surface area (Å²) in [5, 5.41) is 6.54. The molecule has 0 saturated heterocycles. The lowest BCUT2D eigenvalue weighted by atomic mass is 10.1. The molecule has 21 heavy (non-hydrogen) atoms. The Morgan fingerprint density at radius 3 is 2.33 bits per heavy atom. The molecule has 1 heterocycles. The SMILES string of the molecule is CC(Oc1ccc(-c2ccccc2)cc1)c1n[nH]c(=S)o1. The van der Waals surface area contributed by atoms with Crippen LogP contribution in [0, 0.1) is 4.84 Å². The zero-order valence-electron chi connectivity index (χ0n) is 11.4. The van der Waals surface area contributed by atoms with Gasteiger partial charge in [-0.15, -0.1) is 5.10 Å². The molecule has 5 heteroatoms. The lowest BCUT2D eigenvalue weighted by Crippen LogP contribution is -2.03. The maximum atomic E-state index is 5.78. The Balaban J connectivity index is 1.74. The van der Waals surface area contributed by atoms with Crippen LogP contribution in [0.4, 0.5) is 0 Å². The van der Waals surface area contributed by atoms with Gasteiger partial charge in [0.25, 0.3) is 10.7 Å². The Hall–Kier alpha value is -2.40.